The lowest BCUT2D eigenvalue weighted by Gasteiger charge is -2.24. The number of aliphatic hydroxyl groups is 1. The third kappa shape index (κ3) is 5.04. The summed E-state index contributed by atoms with van der Waals surface area (Å²) in [7, 11) is 0. The molecule has 17 heavy (non-hydrogen) atoms. The summed E-state index contributed by atoms with van der Waals surface area (Å²) in [5.74, 6) is 0.517. The van der Waals surface area contributed by atoms with Crippen molar-refractivity contribution < 1.29 is 9.90 Å². The maximum atomic E-state index is 12.0. The molecule has 1 aliphatic rings. The molecule has 1 saturated heterocycles. The lowest BCUT2D eigenvalue weighted by molar-refractivity contribution is -0.130. The Morgan fingerprint density at radius 2 is 1.82 bits per heavy atom. The van der Waals surface area contributed by atoms with Crippen LogP contribution in [0.1, 0.15) is 39.5 Å². The third-order valence-corrected chi connectivity index (χ3v) is 3.48. The molecule has 2 N–H and O–H groups in total. The van der Waals surface area contributed by atoms with E-state index < -0.39 is 0 Å². The van der Waals surface area contributed by atoms with Crippen LogP contribution in [-0.4, -0.2) is 48.2 Å². The number of aliphatic hydroxyl groups excluding tert-OH is 1. The highest BCUT2D eigenvalue weighted by Crippen LogP contribution is 2.09. The largest absolute Gasteiger partial charge is 0.395 e. The Kier molecular flexibility index (Phi) is 6.52. The van der Waals surface area contributed by atoms with E-state index >= 15 is 0 Å². The van der Waals surface area contributed by atoms with Crippen molar-refractivity contribution in [1.29, 1.82) is 0 Å². The first-order valence-electron chi connectivity index (χ1n) is 6.77. The van der Waals surface area contributed by atoms with Gasteiger partial charge in [0.25, 0.3) is 0 Å². The quantitative estimate of drug-likeness (QED) is 0.756. The van der Waals surface area contributed by atoms with E-state index in [2.05, 4.69) is 5.32 Å². The molecule has 0 spiro atoms. The minimum absolute atomic E-state index is 0.0194. The summed E-state index contributed by atoms with van der Waals surface area (Å²) in [6, 6.07) is 0.0194. The molecule has 1 atom stereocenters. The van der Waals surface area contributed by atoms with E-state index in [1.54, 1.807) is 0 Å². The zero-order valence-corrected chi connectivity index (χ0v) is 11.1. The molecule has 0 aliphatic carbocycles. The number of likely N-dealkylation sites (tertiary alicyclic amines) is 1. The van der Waals surface area contributed by atoms with Crippen LogP contribution in [0.4, 0.5) is 0 Å². The molecule has 4 nitrogen and oxygen atoms in total. The Labute approximate surface area is 104 Å². The fourth-order valence-corrected chi connectivity index (χ4v) is 2.16. The Hall–Kier alpha value is -0.610. The lowest BCUT2D eigenvalue weighted by Crippen LogP contribution is -2.45. The maximum Gasteiger partial charge on any atom is 0.236 e. The van der Waals surface area contributed by atoms with Crippen molar-refractivity contribution in [2.45, 2.75) is 45.6 Å². The van der Waals surface area contributed by atoms with Gasteiger partial charge < -0.3 is 15.3 Å². The monoisotopic (exact) mass is 242 g/mol. The second kappa shape index (κ2) is 7.67. The number of hydrogen-bond donors (Lipinski definition) is 2. The van der Waals surface area contributed by atoms with E-state index in [9.17, 15) is 9.90 Å². The van der Waals surface area contributed by atoms with E-state index in [0.29, 0.717) is 12.5 Å². The second-order valence-corrected chi connectivity index (χ2v) is 5.21. The van der Waals surface area contributed by atoms with Gasteiger partial charge in [0.15, 0.2) is 0 Å². The average molecular weight is 242 g/mol. The molecule has 1 amide bonds. The molecule has 1 aliphatic heterocycles. The highest BCUT2D eigenvalue weighted by Gasteiger charge is 2.17. The third-order valence-electron chi connectivity index (χ3n) is 3.48. The molecule has 0 radical (unpaired) electrons. The van der Waals surface area contributed by atoms with E-state index in [-0.39, 0.29) is 18.6 Å². The molecule has 4 heteroatoms. The van der Waals surface area contributed by atoms with Crippen molar-refractivity contribution in [3.05, 3.63) is 0 Å². The van der Waals surface area contributed by atoms with Gasteiger partial charge in [0.1, 0.15) is 0 Å². The number of carbonyl (C=O) groups excluding carboxylic acids is 1. The molecule has 0 aromatic carbocycles. The van der Waals surface area contributed by atoms with Crippen LogP contribution in [0.25, 0.3) is 0 Å². The molecular formula is C13H26N2O2. The SMILES string of the molecule is CC(C)C(CO)NCC(=O)N1CCCCCC1. The van der Waals surface area contributed by atoms with Crippen molar-refractivity contribution in [3.63, 3.8) is 0 Å². The Balaban J connectivity index is 2.32. The Morgan fingerprint density at radius 1 is 1.24 bits per heavy atom. The van der Waals surface area contributed by atoms with E-state index in [4.69, 9.17) is 0 Å². The van der Waals surface area contributed by atoms with Gasteiger partial charge in [-0.25, -0.2) is 0 Å². The van der Waals surface area contributed by atoms with Gasteiger partial charge in [0, 0.05) is 19.1 Å². The zero-order valence-electron chi connectivity index (χ0n) is 11.1. The zero-order chi connectivity index (χ0) is 12.7. The highest BCUT2D eigenvalue weighted by molar-refractivity contribution is 5.78. The summed E-state index contributed by atoms with van der Waals surface area (Å²) in [5, 5.41) is 12.3. The summed E-state index contributed by atoms with van der Waals surface area (Å²) in [6.07, 6.45) is 4.73. The minimum Gasteiger partial charge on any atom is -0.395 e. The van der Waals surface area contributed by atoms with E-state index in [1.807, 2.05) is 18.7 Å². The van der Waals surface area contributed by atoms with Crippen molar-refractivity contribution in [1.82, 2.24) is 10.2 Å². The van der Waals surface area contributed by atoms with Gasteiger partial charge in [-0.15, -0.1) is 0 Å². The highest BCUT2D eigenvalue weighted by atomic mass is 16.3. The van der Waals surface area contributed by atoms with Crippen LogP contribution in [0.5, 0.6) is 0 Å². The molecule has 100 valence electrons. The molecule has 0 bridgehead atoms. The fraction of sp³-hybridized carbons (Fsp3) is 0.923. The average Bonchev–Trinajstić information content (AvgIpc) is 2.57. The summed E-state index contributed by atoms with van der Waals surface area (Å²) in [5.41, 5.74) is 0. The number of nitrogens with zero attached hydrogens (tertiary/aromatic N) is 1. The van der Waals surface area contributed by atoms with Crippen LogP contribution >= 0.6 is 0 Å². The second-order valence-electron chi connectivity index (χ2n) is 5.21. The van der Waals surface area contributed by atoms with Gasteiger partial charge in [0.05, 0.1) is 13.2 Å². The topological polar surface area (TPSA) is 52.6 Å². The molecule has 1 fully saturated rings. The van der Waals surface area contributed by atoms with Crippen LogP contribution in [0.2, 0.25) is 0 Å². The first kappa shape index (κ1) is 14.5. The van der Waals surface area contributed by atoms with Crippen LogP contribution < -0.4 is 5.32 Å². The summed E-state index contributed by atoms with van der Waals surface area (Å²) < 4.78 is 0. The van der Waals surface area contributed by atoms with Gasteiger partial charge in [-0.2, -0.15) is 0 Å². The minimum atomic E-state index is 0.0194. The van der Waals surface area contributed by atoms with Crippen LogP contribution in [0, 0.1) is 5.92 Å². The van der Waals surface area contributed by atoms with Crippen LogP contribution in [-0.2, 0) is 4.79 Å². The number of carbonyl (C=O) groups is 1. The normalized spacial score (nSPS) is 19.2. The molecule has 0 aromatic rings. The first-order valence-corrected chi connectivity index (χ1v) is 6.77. The molecule has 1 rings (SSSR count). The van der Waals surface area contributed by atoms with Gasteiger partial charge in [-0.05, 0) is 18.8 Å². The maximum absolute atomic E-state index is 12.0. The predicted octanol–water partition coefficient (Wildman–Crippen LogP) is 0.995. The summed E-state index contributed by atoms with van der Waals surface area (Å²) in [6.45, 7) is 6.32. The predicted molar refractivity (Wildman–Crippen MR) is 68.8 cm³/mol. The first-order chi connectivity index (χ1) is 8.15. The lowest BCUT2D eigenvalue weighted by atomic mass is 10.1. The van der Waals surface area contributed by atoms with Crippen LogP contribution in [0.15, 0.2) is 0 Å². The van der Waals surface area contributed by atoms with Crippen molar-refractivity contribution in [2.24, 2.45) is 5.92 Å². The van der Waals surface area contributed by atoms with Gasteiger partial charge >= 0.3 is 0 Å². The smallest absolute Gasteiger partial charge is 0.236 e. The molecular weight excluding hydrogens is 216 g/mol. The number of nitrogens with one attached hydrogen (secondary N) is 1. The summed E-state index contributed by atoms with van der Waals surface area (Å²) in [4.78, 5) is 13.9. The standard InChI is InChI=1S/C13H26N2O2/c1-11(2)12(10-16)14-9-13(17)15-7-5-3-4-6-8-15/h11-12,14,16H,3-10H2,1-2H3. The van der Waals surface area contributed by atoms with Gasteiger partial charge in [0.2, 0.25) is 5.91 Å². The van der Waals surface area contributed by atoms with Crippen LogP contribution in [0.3, 0.4) is 0 Å². The number of amides is 1. The number of rotatable bonds is 5. The van der Waals surface area contributed by atoms with Crippen molar-refractivity contribution >= 4 is 5.91 Å². The summed E-state index contributed by atoms with van der Waals surface area (Å²) >= 11 is 0. The van der Waals surface area contributed by atoms with Gasteiger partial charge in [-0.1, -0.05) is 26.7 Å². The molecule has 1 heterocycles. The van der Waals surface area contributed by atoms with E-state index in [0.717, 1.165) is 25.9 Å². The molecule has 0 saturated carbocycles. The molecule has 1 unspecified atom stereocenters. The molecule has 0 aromatic heterocycles. The van der Waals surface area contributed by atoms with E-state index in [1.165, 1.54) is 12.8 Å². The Bertz CT molecular complexity index is 223. The van der Waals surface area contributed by atoms with Gasteiger partial charge in [-0.3, -0.25) is 4.79 Å². The van der Waals surface area contributed by atoms with Crippen molar-refractivity contribution in [3.8, 4) is 0 Å². The number of hydrogen-bond acceptors (Lipinski definition) is 3. The Morgan fingerprint density at radius 3 is 2.29 bits per heavy atom. The van der Waals surface area contributed by atoms with Crippen molar-refractivity contribution in [2.75, 3.05) is 26.2 Å². The fourth-order valence-electron chi connectivity index (χ4n) is 2.16.